The van der Waals surface area contributed by atoms with Gasteiger partial charge in [-0.15, -0.1) is 0 Å². The van der Waals surface area contributed by atoms with Gasteiger partial charge in [0.25, 0.3) is 0 Å². The van der Waals surface area contributed by atoms with E-state index >= 15 is 0 Å². The van der Waals surface area contributed by atoms with Crippen LogP contribution in [0.4, 0.5) is 5.69 Å². The maximum Gasteiger partial charge on any atom is 0.227 e. The highest BCUT2D eigenvalue weighted by atomic mass is 16.1. The molecule has 0 aliphatic heterocycles. The summed E-state index contributed by atoms with van der Waals surface area (Å²) < 4.78 is 0. The molecule has 1 aromatic carbocycles. The summed E-state index contributed by atoms with van der Waals surface area (Å²) in [4.78, 5) is 16.3. The normalized spacial score (nSPS) is 14.8. The minimum Gasteiger partial charge on any atom is -0.356 e. The van der Waals surface area contributed by atoms with E-state index < -0.39 is 0 Å². The highest BCUT2D eigenvalue weighted by Crippen LogP contribution is 2.27. The molecule has 1 fully saturated rings. The predicted octanol–water partition coefficient (Wildman–Crippen LogP) is 3.28. The average molecular weight is 330 g/mol. The van der Waals surface area contributed by atoms with E-state index in [0.29, 0.717) is 6.54 Å². The number of hydrogen-bond acceptors (Lipinski definition) is 2. The van der Waals surface area contributed by atoms with E-state index in [4.69, 9.17) is 0 Å². The Kier molecular flexibility index (Phi) is 7.59. The number of benzene rings is 1. The molecule has 1 aliphatic carbocycles. The Balaban J connectivity index is 1.79. The largest absolute Gasteiger partial charge is 0.356 e. The first-order valence-corrected chi connectivity index (χ1v) is 9.07. The second kappa shape index (κ2) is 9.96. The monoisotopic (exact) mass is 330 g/mol. The lowest BCUT2D eigenvalue weighted by molar-refractivity contribution is -0.122. The molecule has 5 heteroatoms. The number of carbonyl (C=O) groups is 1. The zero-order chi connectivity index (χ0) is 17.2. The van der Waals surface area contributed by atoms with Crippen molar-refractivity contribution in [1.29, 1.82) is 0 Å². The lowest BCUT2D eigenvalue weighted by Crippen LogP contribution is -2.37. The van der Waals surface area contributed by atoms with Gasteiger partial charge in [0.2, 0.25) is 5.91 Å². The topological polar surface area (TPSA) is 65.5 Å². The van der Waals surface area contributed by atoms with Crippen LogP contribution in [0.15, 0.2) is 29.3 Å². The van der Waals surface area contributed by atoms with Gasteiger partial charge in [-0.05, 0) is 37.0 Å². The molecule has 0 heterocycles. The van der Waals surface area contributed by atoms with E-state index in [0.717, 1.165) is 43.0 Å². The number of anilines is 1. The zero-order valence-electron chi connectivity index (χ0n) is 14.9. The van der Waals surface area contributed by atoms with E-state index in [1.54, 1.807) is 7.05 Å². The van der Waals surface area contributed by atoms with Gasteiger partial charge in [0.1, 0.15) is 0 Å². The van der Waals surface area contributed by atoms with Gasteiger partial charge < -0.3 is 16.0 Å². The van der Waals surface area contributed by atoms with Gasteiger partial charge in [0, 0.05) is 31.7 Å². The van der Waals surface area contributed by atoms with Gasteiger partial charge in [-0.25, -0.2) is 0 Å². The summed E-state index contributed by atoms with van der Waals surface area (Å²) in [5, 5.41) is 9.66. The quantitative estimate of drug-likeness (QED) is 0.389. The predicted molar refractivity (Wildman–Crippen MR) is 100 cm³/mol. The van der Waals surface area contributed by atoms with Crippen molar-refractivity contribution in [3.05, 3.63) is 29.8 Å². The number of nitrogens with zero attached hydrogens (tertiary/aromatic N) is 1. The van der Waals surface area contributed by atoms with Gasteiger partial charge in [-0.1, -0.05) is 38.3 Å². The fourth-order valence-corrected chi connectivity index (χ4v) is 2.66. The van der Waals surface area contributed by atoms with Gasteiger partial charge >= 0.3 is 0 Å². The molecule has 3 N–H and O–H groups in total. The van der Waals surface area contributed by atoms with Crippen LogP contribution in [0.5, 0.6) is 0 Å². The number of hydrogen-bond donors (Lipinski definition) is 3. The van der Waals surface area contributed by atoms with Crippen molar-refractivity contribution in [2.75, 3.05) is 18.9 Å². The smallest absolute Gasteiger partial charge is 0.227 e. The number of unbranched alkanes of at least 4 members (excludes halogenated alkanes) is 2. The molecule has 2 rings (SSSR count). The van der Waals surface area contributed by atoms with E-state index in [-0.39, 0.29) is 11.8 Å². The molecule has 0 spiro atoms. The van der Waals surface area contributed by atoms with Crippen molar-refractivity contribution in [3.63, 3.8) is 0 Å². The summed E-state index contributed by atoms with van der Waals surface area (Å²) in [6.07, 6.45) is 6.81. The van der Waals surface area contributed by atoms with Gasteiger partial charge in [0.05, 0.1) is 0 Å². The number of rotatable bonds is 8. The molecule has 24 heavy (non-hydrogen) atoms. The number of nitrogens with one attached hydrogen (secondary N) is 3. The molecule has 0 bridgehead atoms. The van der Waals surface area contributed by atoms with Crippen molar-refractivity contribution in [2.24, 2.45) is 10.9 Å². The summed E-state index contributed by atoms with van der Waals surface area (Å²) in [5.41, 5.74) is 2.00. The molecule has 1 aromatic rings. The summed E-state index contributed by atoms with van der Waals surface area (Å²) in [6.45, 7) is 3.81. The molecular weight excluding hydrogens is 300 g/mol. The molecule has 5 nitrogen and oxygen atoms in total. The van der Waals surface area contributed by atoms with Gasteiger partial charge in [-0.3, -0.25) is 9.79 Å². The Labute approximate surface area is 145 Å². The van der Waals surface area contributed by atoms with E-state index in [9.17, 15) is 4.79 Å². The molecule has 0 aromatic heterocycles. The van der Waals surface area contributed by atoms with Gasteiger partial charge in [-0.2, -0.15) is 0 Å². The van der Waals surface area contributed by atoms with Crippen LogP contribution in [0.1, 0.15) is 51.0 Å². The Hall–Kier alpha value is -2.04. The number of guanidine groups is 1. The lowest BCUT2D eigenvalue weighted by Gasteiger charge is -2.24. The number of aliphatic imine (C=N–C) groups is 1. The molecule has 1 saturated carbocycles. The molecule has 132 valence electrons. The Morgan fingerprint density at radius 3 is 2.75 bits per heavy atom. The summed E-state index contributed by atoms with van der Waals surface area (Å²) in [7, 11) is 1.78. The highest BCUT2D eigenvalue weighted by Gasteiger charge is 2.25. The SMILES string of the molecule is CCCCCNC(=NC)NCc1cccc(NC(=O)C2CCC2)c1. The van der Waals surface area contributed by atoms with Crippen molar-refractivity contribution >= 4 is 17.6 Å². The molecule has 1 aliphatic rings. The maximum absolute atomic E-state index is 12.0. The molecule has 0 unspecified atom stereocenters. The maximum atomic E-state index is 12.0. The van der Waals surface area contributed by atoms with Crippen LogP contribution in [0.3, 0.4) is 0 Å². The van der Waals surface area contributed by atoms with E-state index in [1.807, 2.05) is 18.2 Å². The second-order valence-electron chi connectivity index (χ2n) is 6.38. The van der Waals surface area contributed by atoms with Gasteiger partial charge in [0.15, 0.2) is 5.96 Å². The third-order valence-corrected chi connectivity index (χ3v) is 4.43. The summed E-state index contributed by atoms with van der Waals surface area (Å²) in [6, 6.07) is 7.99. The first kappa shape index (κ1) is 18.3. The Morgan fingerprint density at radius 1 is 1.25 bits per heavy atom. The average Bonchev–Trinajstić information content (AvgIpc) is 2.53. The zero-order valence-corrected chi connectivity index (χ0v) is 14.9. The third kappa shape index (κ3) is 5.87. The standard InChI is InChI=1S/C19H30N4O/c1-3-4-5-12-21-19(20-2)22-14-15-8-6-11-17(13-15)23-18(24)16-9-7-10-16/h6,8,11,13,16H,3-5,7,9-10,12,14H2,1-2H3,(H,23,24)(H2,20,21,22). The fraction of sp³-hybridized carbons (Fsp3) is 0.579. The second-order valence-corrected chi connectivity index (χ2v) is 6.38. The summed E-state index contributed by atoms with van der Waals surface area (Å²) >= 11 is 0. The first-order valence-electron chi connectivity index (χ1n) is 9.07. The van der Waals surface area contributed by atoms with Crippen molar-refractivity contribution in [3.8, 4) is 0 Å². The molecule has 1 amide bonds. The van der Waals surface area contributed by atoms with Crippen LogP contribution >= 0.6 is 0 Å². The Morgan fingerprint density at radius 2 is 2.08 bits per heavy atom. The van der Waals surface area contributed by atoms with Crippen LogP contribution in [0.25, 0.3) is 0 Å². The van der Waals surface area contributed by atoms with Crippen LogP contribution < -0.4 is 16.0 Å². The van der Waals surface area contributed by atoms with Crippen molar-refractivity contribution < 1.29 is 4.79 Å². The Bertz CT molecular complexity index is 552. The third-order valence-electron chi connectivity index (χ3n) is 4.43. The number of amides is 1. The van der Waals surface area contributed by atoms with E-state index in [1.165, 1.54) is 19.3 Å². The summed E-state index contributed by atoms with van der Waals surface area (Å²) in [5.74, 6) is 1.17. The van der Waals surface area contributed by atoms with E-state index in [2.05, 4.69) is 33.9 Å². The molecule has 0 saturated heterocycles. The molecular formula is C19H30N4O. The molecule has 0 radical (unpaired) electrons. The molecule has 0 atom stereocenters. The van der Waals surface area contributed by atoms with Crippen LogP contribution in [-0.4, -0.2) is 25.5 Å². The van der Waals surface area contributed by atoms with Crippen LogP contribution in [0, 0.1) is 5.92 Å². The first-order chi connectivity index (χ1) is 11.7. The lowest BCUT2D eigenvalue weighted by atomic mass is 9.85. The van der Waals surface area contributed by atoms with Crippen LogP contribution in [-0.2, 0) is 11.3 Å². The van der Waals surface area contributed by atoms with Crippen LogP contribution in [0.2, 0.25) is 0 Å². The van der Waals surface area contributed by atoms with Crippen molar-refractivity contribution in [2.45, 2.75) is 52.0 Å². The minimum atomic E-state index is 0.153. The highest BCUT2D eigenvalue weighted by molar-refractivity contribution is 5.93. The van der Waals surface area contributed by atoms with Crippen molar-refractivity contribution in [1.82, 2.24) is 10.6 Å². The fourth-order valence-electron chi connectivity index (χ4n) is 2.66. The minimum absolute atomic E-state index is 0.153. The number of carbonyl (C=O) groups excluding carboxylic acids is 1.